The molecule has 2 aliphatic heterocycles. The molecule has 2 unspecified atom stereocenters. The van der Waals surface area contributed by atoms with Crippen molar-refractivity contribution in [2.75, 3.05) is 7.11 Å². The minimum Gasteiger partial charge on any atom is -0.489 e. The van der Waals surface area contributed by atoms with E-state index in [-0.39, 0.29) is 29.6 Å². The number of H-pyrrole nitrogens is 1. The molecule has 4 heterocycles. The molecular weight excluding hydrogens is 554 g/mol. The van der Waals surface area contributed by atoms with Gasteiger partial charge in [-0.25, -0.2) is 4.79 Å². The van der Waals surface area contributed by atoms with Crippen molar-refractivity contribution in [1.29, 1.82) is 0 Å². The fourth-order valence-corrected chi connectivity index (χ4v) is 8.57. The van der Waals surface area contributed by atoms with Gasteiger partial charge in [-0.05, 0) is 54.3 Å². The van der Waals surface area contributed by atoms with E-state index in [9.17, 15) is 15.0 Å². The Morgan fingerprint density at radius 3 is 2.76 bits per heavy atom. The van der Waals surface area contributed by atoms with Crippen LogP contribution in [0.3, 0.4) is 0 Å². The molecule has 1 saturated heterocycles. The first kappa shape index (κ1) is 29.4. The van der Waals surface area contributed by atoms with Gasteiger partial charge >= 0.3 is 5.97 Å². The summed E-state index contributed by atoms with van der Waals surface area (Å²) in [7, 11) is 1.63. The summed E-state index contributed by atoms with van der Waals surface area (Å²) in [5.74, 6) is -1.05. The minimum atomic E-state index is -0.844. The first-order valence-corrected chi connectivity index (χ1v) is 15.7. The normalized spacial score (nSPS) is 41.3. The maximum atomic E-state index is 13.4. The molecule has 9 heteroatoms. The van der Waals surface area contributed by atoms with Crippen molar-refractivity contribution in [3.8, 4) is 11.1 Å². The predicted molar refractivity (Wildman–Crippen MR) is 160 cm³/mol. The summed E-state index contributed by atoms with van der Waals surface area (Å²) in [6, 6.07) is 3.81. The molecule has 12 atom stereocenters. The Hall–Kier alpha value is -2.69. The number of esters is 1. The molecule has 226 valence electrons. The van der Waals surface area contributed by atoms with Gasteiger partial charge in [0.2, 0.25) is 0 Å². The van der Waals surface area contributed by atoms with E-state index in [1.807, 2.05) is 37.6 Å². The number of ether oxygens (including phenoxy) is 4. The molecule has 2 aromatic rings. The van der Waals surface area contributed by atoms with Gasteiger partial charge in [-0.15, -0.1) is 0 Å². The van der Waals surface area contributed by atoms with Crippen LogP contribution in [-0.2, 0) is 18.9 Å². The number of methoxy groups -OCH3 is 1. The molecule has 2 aliphatic carbocycles. The standard InChI is InChI=1S/C33H41NO7S/c1-16-11-17(2)33-23(13-26(38-6)20(5)39-29(16)19(4)35)7-8-24-27(33)28(36)18(3)30(31(24)41-33)40-32(37)25-12-22(14-34-25)21-9-10-42-15-21/h7-12,14-16,18-19,23-24,26-31,34-36H,5,13H2,1-4,6H3/b17-11+/t16-,18-,19?,23?,24-,26+,27+,28-,29+,30-,31-,33+/m1/s1. The van der Waals surface area contributed by atoms with E-state index in [1.54, 1.807) is 37.6 Å². The molecule has 42 heavy (non-hydrogen) atoms. The van der Waals surface area contributed by atoms with Crippen LogP contribution in [0, 0.1) is 29.6 Å². The average molecular weight is 596 g/mol. The predicted octanol–water partition coefficient (Wildman–Crippen LogP) is 5.12. The van der Waals surface area contributed by atoms with Crippen LogP contribution in [0.4, 0.5) is 0 Å². The Morgan fingerprint density at radius 1 is 1.29 bits per heavy atom. The quantitative estimate of drug-likeness (QED) is 0.325. The summed E-state index contributed by atoms with van der Waals surface area (Å²) < 4.78 is 25.3. The number of carbonyl (C=O) groups excluding carboxylic acids is 1. The number of aromatic nitrogens is 1. The Bertz CT molecular complexity index is 1380. The van der Waals surface area contributed by atoms with E-state index in [2.05, 4.69) is 29.8 Å². The van der Waals surface area contributed by atoms with Crippen molar-refractivity contribution in [2.45, 2.75) is 76.3 Å². The third-order valence-electron chi connectivity index (χ3n) is 10.0. The lowest BCUT2D eigenvalue weighted by Crippen LogP contribution is -2.57. The van der Waals surface area contributed by atoms with Crippen molar-refractivity contribution < 1.29 is 34.0 Å². The fraction of sp³-hybridized carbons (Fsp3) is 0.545. The van der Waals surface area contributed by atoms with Gasteiger partial charge in [-0.1, -0.05) is 38.7 Å². The van der Waals surface area contributed by atoms with Gasteiger partial charge < -0.3 is 34.1 Å². The monoisotopic (exact) mass is 595 g/mol. The number of hydrogen-bond acceptors (Lipinski definition) is 8. The highest BCUT2D eigenvalue weighted by atomic mass is 32.1. The lowest BCUT2D eigenvalue weighted by Gasteiger charge is -2.49. The molecule has 8 nitrogen and oxygen atoms in total. The number of aromatic amines is 1. The number of thiophene rings is 1. The second-order valence-corrected chi connectivity index (χ2v) is 13.2. The molecule has 0 amide bonds. The Kier molecular flexibility index (Phi) is 7.77. The summed E-state index contributed by atoms with van der Waals surface area (Å²) in [4.78, 5) is 16.5. The largest absolute Gasteiger partial charge is 0.489 e. The highest BCUT2D eigenvalue weighted by Crippen LogP contribution is 2.61. The van der Waals surface area contributed by atoms with Crippen LogP contribution in [-0.4, -0.2) is 70.5 Å². The summed E-state index contributed by atoms with van der Waals surface area (Å²) in [5.41, 5.74) is 2.45. The average Bonchev–Trinajstić information content (AvgIpc) is 3.70. The van der Waals surface area contributed by atoms with Gasteiger partial charge in [-0.3, -0.25) is 0 Å². The summed E-state index contributed by atoms with van der Waals surface area (Å²) in [6.07, 6.45) is 5.16. The number of hydrogen-bond donors (Lipinski definition) is 3. The van der Waals surface area contributed by atoms with Gasteiger partial charge in [0.05, 0.1) is 12.2 Å². The number of carbonyl (C=O) groups is 1. The van der Waals surface area contributed by atoms with E-state index in [4.69, 9.17) is 18.9 Å². The SMILES string of the molecule is C=C1O[C@H](C(C)O)[C@H](C)/C=C(\C)[C@]23O[C@@H]4[C@H](C=CC2C[C@@H]1OC)[C@H]3[C@H](O)[C@@H](C)[C@H]4OC(=O)c1cc(-c2ccsc2)c[nH]1. The second-order valence-electron chi connectivity index (χ2n) is 12.5. The van der Waals surface area contributed by atoms with Gasteiger partial charge in [0.15, 0.2) is 0 Å². The maximum Gasteiger partial charge on any atom is 0.355 e. The van der Waals surface area contributed by atoms with E-state index in [0.29, 0.717) is 17.9 Å². The first-order valence-electron chi connectivity index (χ1n) is 14.8. The van der Waals surface area contributed by atoms with E-state index in [1.165, 1.54) is 0 Å². The van der Waals surface area contributed by atoms with Crippen LogP contribution in [0.25, 0.3) is 11.1 Å². The molecular formula is C33H41NO7S. The van der Waals surface area contributed by atoms with Crippen molar-refractivity contribution in [1.82, 2.24) is 4.98 Å². The molecule has 4 bridgehead atoms. The zero-order chi connectivity index (χ0) is 29.9. The van der Waals surface area contributed by atoms with Gasteiger partial charge in [-0.2, -0.15) is 11.3 Å². The maximum absolute atomic E-state index is 13.4. The molecule has 3 N–H and O–H groups in total. The number of rotatable bonds is 5. The zero-order valence-electron chi connectivity index (χ0n) is 24.7. The molecule has 0 radical (unpaired) electrons. The summed E-state index contributed by atoms with van der Waals surface area (Å²) in [6.45, 7) is 11.8. The lowest BCUT2D eigenvalue weighted by atomic mass is 9.57. The Balaban J connectivity index is 1.35. The topological polar surface area (TPSA) is 110 Å². The van der Waals surface area contributed by atoms with Crippen molar-refractivity contribution in [2.24, 2.45) is 29.6 Å². The molecule has 0 aromatic carbocycles. The zero-order valence-corrected chi connectivity index (χ0v) is 25.5. The molecule has 1 spiro atoms. The Labute approximate surface area is 251 Å². The minimum absolute atomic E-state index is 0.134. The van der Waals surface area contributed by atoms with Crippen LogP contribution >= 0.6 is 11.3 Å². The lowest BCUT2D eigenvalue weighted by molar-refractivity contribution is -0.108. The van der Waals surface area contributed by atoms with Crippen LogP contribution in [0.2, 0.25) is 0 Å². The summed E-state index contributed by atoms with van der Waals surface area (Å²) >= 11 is 1.60. The highest BCUT2D eigenvalue weighted by molar-refractivity contribution is 7.08. The Morgan fingerprint density at radius 2 is 2.07 bits per heavy atom. The third-order valence-corrected chi connectivity index (χ3v) is 10.7. The molecule has 6 rings (SSSR count). The van der Waals surface area contributed by atoms with Crippen LogP contribution < -0.4 is 0 Å². The fourth-order valence-electron chi connectivity index (χ4n) is 7.91. The highest BCUT2D eigenvalue weighted by Gasteiger charge is 2.69. The second kappa shape index (κ2) is 11.1. The number of aliphatic hydroxyl groups excluding tert-OH is 2. The van der Waals surface area contributed by atoms with Crippen molar-refractivity contribution in [3.05, 3.63) is 70.9 Å². The van der Waals surface area contributed by atoms with Crippen LogP contribution in [0.1, 0.15) is 44.6 Å². The molecule has 4 aliphatic rings. The first-order chi connectivity index (χ1) is 20.1. The van der Waals surface area contributed by atoms with Gasteiger partial charge in [0.1, 0.15) is 41.5 Å². The van der Waals surface area contributed by atoms with Gasteiger partial charge in [0, 0.05) is 48.5 Å². The van der Waals surface area contributed by atoms with E-state index in [0.717, 1.165) is 16.7 Å². The number of nitrogens with one attached hydrogen (secondary N) is 1. The smallest absolute Gasteiger partial charge is 0.355 e. The van der Waals surface area contributed by atoms with Gasteiger partial charge in [0.25, 0.3) is 0 Å². The number of aliphatic hydroxyl groups is 2. The van der Waals surface area contributed by atoms with Crippen molar-refractivity contribution >= 4 is 17.3 Å². The summed E-state index contributed by atoms with van der Waals surface area (Å²) in [5, 5.41) is 26.5. The molecule has 2 aromatic heterocycles. The molecule has 1 saturated carbocycles. The van der Waals surface area contributed by atoms with Crippen LogP contribution in [0.5, 0.6) is 0 Å². The third kappa shape index (κ3) is 4.61. The van der Waals surface area contributed by atoms with Crippen molar-refractivity contribution in [3.63, 3.8) is 0 Å². The van der Waals surface area contributed by atoms with E-state index < -0.39 is 48.2 Å². The van der Waals surface area contributed by atoms with E-state index >= 15 is 0 Å². The van der Waals surface area contributed by atoms with Crippen LogP contribution in [0.15, 0.2) is 65.2 Å². The molecule has 2 fully saturated rings.